The summed E-state index contributed by atoms with van der Waals surface area (Å²) in [5, 5.41) is 13.1. The number of anilines is 1. The summed E-state index contributed by atoms with van der Waals surface area (Å²) in [7, 11) is 0. The lowest BCUT2D eigenvalue weighted by molar-refractivity contribution is -0.118. The molecular formula is C9H10N4O4. The number of amides is 1. The van der Waals surface area contributed by atoms with Crippen molar-refractivity contribution in [1.29, 1.82) is 0 Å². The maximum Gasteiger partial charge on any atom is 0.263 e. The van der Waals surface area contributed by atoms with Crippen LogP contribution in [0, 0.1) is 13.8 Å². The Morgan fingerprint density at radius 3 is 2.82 bits per heavy atom. The number of aromatic nitrogens is 3. The molecule has 8 heteroatoms. The standard InChI is InChI=1S/C9H10N4O4/c1-5-3-8(12-16-5)15-4-7(14)10-9-6(2)11-17-13-9/h3H,4H2,1-2H3,(H,10,13,14). The van der Waals surface area contributed by atoms with Gasteiger partial charge in [0.15, 0.2) is 12.4 Å². The van der Waals surface area contributed by atoms with E-state index in [0.717, 1.165) is 0 Å². The van der Waals surface area contributed by atoms with Gasteiger partial charge in [-0.3, -0.25) is 4.79 Å². The van der Waals surface area contributed by atoms with E-state index < -0.39 is 0 Å². The quantitative estimate of drug-likeness (QED) is 0.835. The van der Waals surface area contributed by atoms with Crippen LogP contribution in [0.5, 0.6) is 5.88 Å². The molecule has 0 aliphatic rings. The molecule has 2 rings (SSSR count). The zero-order valence-electron chi connectivity index (χ0n) is 9.26. The van der Waals surface area contributed by atoms with Crippen LogP contribution in [0.2, 0.25) is 0 Å². The Labute approximate surface area is 95.9 Å². The summed E-state index contributed by atoms with van der Waals surface area (Å²) in [6.07, 6.45) is 0. The van der Waals surface area contributed by atoms with Gasteiger partial charge >= 0.3 is 0 Å². The Morgan fingerprint density at radius 2 is 2.24 bits per heavy atom. The predicted molar refractivity (Wildman–Crippen MR) is 54.4 cm³/mol. The first-order valence-corrected chi connectivity index (χ1v) is 4.80. The van der Waals surface area contributed by atoms with Gasteiger partial charge in [-0.25, -0.2) is 4.63 Å². The maximum absolute atomic E-state index is 11.4. The van der Waals surface area contributed by atoms with E-state index in [1.54, 1.807) is 19.9 Å². The van der Waals surface area contributed by atoms with Crippen LogP contribution in [-0.2, 0) is 4.79 Å². The van der Waals surface area contributed by atoms with Crippen LogP contribution in [0.25, 0.3) is 0 Å². The van der Waals surface area contributed by atoms with Gasteiger partial charge in [0.1, 0.15) is 11.5 Å². The maximum atomic E-state index is 11.4. The molecule has 2 heterocycles. The highest BCUT2D eigenvalue weighted by molar-refractivity contribution is 5.91. The summed E-state index contributed by atoms with van der Waals surface area (Å²) in [6, 6.07) is 1.58. The third-order valence-corrected chi connectivity index (χ3v) is 1.87. The van der Waals surface area contributed by atoms with Crippen molar-refractivity contribution in [1.82, 2.24) is 15.5 Å². The number of carbonyl (C=O) groups excluding carboxylic acids is 1. The third kappa shape index (κ3) is 2.80. The molecule has 0 spiro atoms. The number of rotatable bonds is 4. The summed E-state index contributed by atoms with van der Waals surface area (Å²) >= 11 is 0. The molecule has 2 aromatic rings. The minimum Gasteiger partial charge on any atom is -0.465 e. The van der Waals surface area contributed by atoms with Gasteiger partial charge in [0.2, 0.25) is 0 Å². The van der Waals surface area contributed by atoms with E-state index in [-0.39, 0.29) is 24.2 Å². The zero-order valence-corrected chi connectivity index (χ0v) is 9.26. The second-order valence-corrected chi connectivity index (χ2v) is 3.31. The van der Waals surface area contributed by atoms with E-state index >= 15 is 0 Å². The van der Waals surface area contributed by atoms with E-state index in [9.17, 15) is 4.79 Å². The van der Waals surface area contributed by atoms with Crippen molar-refractivity contribution < 1.29 is 18.7 Å². The van der Waals surface area contributed by atoms with Crippen LogP contribution in [0.1, 0.15) is 11.5 Å². The molecule has 0 aromatic carbocycles. The van der Waals surface area contributed by atoms with Gasteiger partial charge < -0.3 is 14.6 Å². The van der Waals surface area contributed by atoms with Gasteiger partial charge in [-0.05, 0) is 24.2 Å². The van der Waals surface area contributed by atoms with Crippen LogP contribution in [0.4, 0.5) is 5.82 Å². The minimum absolute atomic E-state index is 0.196. The van der Waals surface area contributed by atoms with Crippen molar-refractivity contribution in [3.05, 3.63) is 17.5 Å². The second kappa shape index (κ2) is 4.64. The molecule has 0 unspecified atom stereocenters. The van der Waals surface area contributed by atoms with Crippen molar-refractivity contribution in [2.24, 2.45) is 0 Å². The second-order valence-electron chi connectivity index (χ2n) is 3.31. The molecule has 0 aliphatic heterocycles. The Balaban J connectivity index is 1.84. The van der Waals surface area contributed by atoms with E-state index in [4.69, 9.17) is 9.26 Å². The number of nitrogens with one attached hydrogen (secondary N) is 1. The lowest BCUT2D eigenvalue weighted by Crippen LogP contribution is -2.20. The SMILES string of the molecule is Cc1cc(OCC(=O)Nc2nonc2C)no1. The van der Waals surface area contributed by atoms with Crippen LogP contribution in [0.3, 0.4) is 0 Å². The van der Waals surface area contributed by atoms with E-state index in [1.165, 1.54) is 0 Å². The van der Waals surface area contributed by atoms with Crippen molar-refractivity contribution in [3.63, 3.8) is 0 Å². The molecule has 2 aromatic heterocycles. The summed E-state index contributed by atoms with van der Waals surface area (Å²) in [5.41, 5.74) is 0.496. The molecule has 0 saturated heterocycles. The molecule has 0 atom stereocenters. The van der Waals surface area contributed by atoms with Crippen LogP contribution in [0.15, 0.2) is 15.2 Å². The number of carbonyl (C=O) groups is 1. The lowest BCUT2D eigenvalue weighted by atomic mass is 10.4. The van der Waals surface area contributed by atoms with E-state index in [2.05, 4.69) is 25.4 Å². The van der Waals surface area contributed by atoms with Crippen molar-refractivity contribution in [2.75, 3.05) is 11.9 Å². The summed E-state index contributed by atoms with van der Waals surface area (Å²) in [4.78, 5) is 11.4. The largest absolute Gasteiger partial charge is 0.465 e. The number of nitrogens with zero attached hydrogens (tertiary/aromatic N) is 3. The molecule has 1 N–H and O–H groups in total. The van der Waals surface area contributed by atoms with E-state index in [0.29, 0.717) is 11.5 Å². The molecule has 8 nitrogen and oxygen atoms in total. The van der Waals surface area contributed by atoms with Crippen molar-refractivity contribution in [3.8, 4) is 5.88 Å². The smallest absolute Gasteiger partial charge is 0.263 e. The summed E-state index contributed by atoms with van der Waals surface area (Å²) < 4.78 is 14.3. The zero-order chi connectivity index (χ0) is 12.3. The number of hydrogen-bond donors (Lipinski definition) is 1. The van der Waals surface area contributed by atoms with Crippen molar-refractivity contribution >= 4 is 11.7 Å². The Morgan fingerprint density at radius 1 is 1.41 bits per heavy atom. The topological polar surface area (TPSA) is 103 Å². The molecule has 0 fully saturated rings. The van der Waals surface area contributed by atoms with Gasteiger partial charge in [0.05, 0.1) is 0 Å². The highest BCUT2D eigenvalue weighted by Crippen LogP contribution is 2.10. The molecule has 0 aliphatic carbocycles. The first-order valence-electron chi connectivity index (χ1n) is 4.80. The molecular weight excluding hydrogens is 228 g/mol. The molecule has 0 bridgehead atoms. The monoisotopic (exact) mass is 238 g/mol. The molecule has 17 heavy (non-hydrogen) atoms. The summed E-state index contributed by atoms with van der Waals surface area (Å²) in [5.74, 6) is 0.754. The lowest BCUT2D eigenvalue weighted by Gasteiger charge is -2.01. The van der Waals surface area contributed by atoms with Gasteiger partial charge in [-0.1, -0.05) is 5.16 Å². The fraction of sp³-hybridized carbons (Fsp3) is 0.333. The van der Waals surface area contributed by atoms with Crippen LogP contribution >= 0.6 is 0 Å². The number of ether oxygens (including phenoxy) is 1. The average Bonchev–Trinajstić information content (AvgIpc) is 2.86. The van der Waals surface area contributed by atoms with Crippen molar-refractivity contribution in [2.45, 2.75) is 13.8 Å². The highest BCUT2D eigenvalue weighted by Gasteiger charge is 2.11. The molecule has 1 amide bonds. The Bertz CT molecular complexity index is 519. The minimum atomic E-state index is -0.385. The molecule has 0 saturated carbocycles. The number of hydrogen-bond acceptors (Lipinski definition) is 7. The fourth-order valence-electron chi connectivity index (χ4n) is 1.06. The number of aryl methyl sites for hydroxylation is 2. The normalized spacial score (nSPS) is 10.2. The van der Waals surface area contributed by atoms with Crippen LogP contribution < -0.4 is 10.1 Å². The highest BCUT2D eigenvalue weighted by atomic mass is 16.6. The van der Waals surface area contributed by atoms with Gasteiger partial charge in [0.25, 0.3) is 11.8 Å². The van der Waals surface area contributed by atoms with Gasteiger partial charge in [-0.2, -0.15) is 0 Å². The Kier molecular flexibility index (Phi) is 3.03. The van der Waals surface area contributed by atoms with Crippen LogP contribution in [-0.4, -0.2) is 28.0 Å². The van der Waals surface area contributed by atoms with E-state index in [1.807, 2.05) is 0 Å². The third-order valence-electron chi connectivity index (χ3n) is 1.87. The first kappa shape index (κ1) is 11.1. The Hall–Kier alpha value is -2.38. The first-order chi connectivity index (χ1) is 8.15. The molecule has 0 radical (unpaired) electrons. The summed E-state index contributed by atoms with van der Waals surface area (Å²) in [6.45, 7) is 3.19. The predicted octanol–water partition coefficient (Wildman–Crippen LogP) is 0.692. The van der Waals surface area contributed by atoms with Gasteiger partial charge in [0, 0.05) is 6.07 Å². The van der Waals surface area contributed by atoms with Gasteiger partial charge in [-0.15, -0.1) is 0 Å². The molecule has 90 valence electrons. The fourth-order valence-corrected chi connectivity index (χ4v) is 1.06. The average molecular weight is 238 g/mol.